The van der Waals surface area contributed by atoms with Crippen LogP contribution in [0.3, 0.4) is 0 Å². The number of aliphatic hydroxyl groups is 1. The SMILES string of the molecule is CCC(O)CC#CCS(=O)(=O)c1ccccc1. The van der Waals surface area contributed by atoms with Crippen LogP contribution in [0.25, 0.3) is 0 Å². The zero-order chi connectivity index (χ0) is 12.7. The first-order valence-electron chi connectivity index (χ1n) is 5.48. The third-order valence-electron chi connectivity index (χ3n) is 2.30. The van der Waals surface area contributed by atoms with Crippen molar-refractivity contribution in [1.82, 2.24) is 0 Å². The lowest BCUT2D eigenvalue weighted by molar-refractivity contribution is 0.176. The quantitative estimate of drug-likeness (QED) is 0.829. The van der Waals surface area contributed by atoms with Gasteiger partial charge in [0.2, 0.25) is 0 Å². The van der Waals surface area contributed by atoms with E-state index in [1.54, 1.807) is 30.3 Å². The molecule has 1 atom stereocenters. The van der Waals surface area contributed by atoms with E-state index in [1.165, 1.54) is 0 Å². The van der Waals surface area contributed by atoms with Crippen LogP contribution in [0.15, 0.2) is 35.2 Å². The third kappa shape index (κ3) is 4.59. The molecule has 0 aromatic heterocycles. The molecule has 0 aliphatic heterocycles. The van der Waals surface area contributed by atoms with Crippen LogP contribution in [0.5, 0.6) is 0 Å². The molecule has 1 N–H and O–H groups in total. The molecular formula is C13H16O3S. The maximum absolute atomic E-state index is 11.8. The van der Waals surface area contributed by atoms with Gasteiger partial charge in [-0.1, -0.05) is 37.0 Å². The lowest BCUT2D eigenvalue weighted by Crippen LogP contribution is -2.05. The van der Waals surface area contributed by atoms with Crippen LogP contribution in [0.1, 0.15) is 19.8 Å². The molecule has 0 aliphatic carbocycles. The predicted octanol–water partition coefficient (Wildman–Crippen LogP) is 1.62. The van der Waals surface area contributed by atoms with Crippen LogP contribution in [-0.4, -0.2) is 25.4 Å². The predicted molar refractivity (Wildman–Crippen MR) is 67.2 cm³/mol. The Hall–Kier alpha value is -1.31. The normalized spacial score (nSPS) is 12.6. The van der Waals surface area contributed by atoms with Crippen LogP contribution in [0, 0.1) is 11.8 Å². The zero-order valence-electron chi connectivity index (χ0n) is 9.76. The van der Waals surface area contributed by atoms with Crippen LogP contribution in [0.2, 0.25) is 0 Å². The monoisotopic (exact) mass is 252 g/mol. The Balaban J connectivity index is 2.63. The molecule has 1 rings (SSSR count). The Bertz CT molecular complexity index is 494. The molecule has 3 nitrogen and oxygen atoms in total. The average molecular weight is 252 g/mol. The van der Waals surface area contributed by atoms with Crippen molar-refractivity contribution < 1.29 is 13.5 Å². The summed E-state index contributed by atoms with van der Waals surface area (Å²) in [6.45, 7) is 1.85. The minimum atomic E-state index is -3.32. The van der Waals surface area contributed by atoms with E-state index >= 15 is 0 Å². The molecule has 17 heavy (non-hydrogen) atoms. The largest absolute Gasteiger partial charge is 0.392 e. The van der Waals surface area contributed by atoms with Gasteiger partial charge in [-0.05, 0) is 18.6 Å². The second-order valence-electron chi connectivity index (χ2n) is 3.69. The number of hydrogen-bond acceptors (Lipinski definition) is 3. The van der Waals surface area contributed by atoms with Crippen molar-refractivity contribution in [2.45, 2.75) is 30.8 Å². The molecule has 0 aliphatic rings. The van der Waals surface area contributed by atoms with E-state index < -0.39 is 15.9 Å². The van der Waals surface area contributed by atoms with Crippen molar-refractivity contribution in [3.8, 4) is 11.8 Å². The summed E-state index contributed by atoms with van der Waals surface area (Å²) >= 11 is 0. The minimum absolute atomic E-state index is 0.201. The Morgan fingerprint density at radius 1 is 1.24 bits per heavy atom. The Morgan fingerprint density at radius 2 is 1.88 bits per heavy atom. The molecule has 0 spiro atoms. The van der Waals surface area contributed by atoms with Gasteiger partial charge in [-0.3, -0.25) is 0 Å². The fraction of sp³-hybridized carbons (Fsp3) is 0.385. The summed E-state index contributed by atoms with van der Waals surface area (Å²) in [7, 11) is -3.32. The first-order valence-corrected chi connectivity index (χ1v) is 7.13. The van der Waals surface area contributed by atoms with E-state index in [9.17, 15) is 13.5 Å². The molecule has 92 valence electrons. The van der Waals surface area contributed by atoms with Crippen molar-refractivity contribution in [1.29, 1.82) is 0 Å². The standard InChI is InChI=1S/C13H16O3S/c1-2-12(14)8-6-7-11-17(15,16)13-9-4-3-5-10-13/h3-5,9-10,12,14H,2,8,11H2,1H3. The van der Waals surface area contributed by atoms with Gasteiger partial charge in [0, 0.05) is 6.42 Å². The van der Waals surface area contributed by atoms with E-state index in [4.69, 9.17) is 0 Å². The van der Waals surface area contributed by atoms with Gasteiger partial charge in [-0.25, -0.2) is 8.42 Å². The molecule has 1 unspecified atom stereocenters. The Labute approximate surface area is 102 Å². The maximum Gasteiger partial charge on any atom is 0.189 e. The van der Waals surface area contributed by atoms with E-state index in [0.717, 1.165) is 0 Å². The number of benzene rings is 1. The fourth-order valence-corrected chi connectivity index (χ4v) is 2.22. The van der Waals surface area contributed by atoms with Gasteiger partial charge in [0.25, 0.3) is 0 Å². The van der Waals surface area contributed by atoms with E-state index in [1.807, 2.05) is 6.92 Å². The molecule has 0 radical (unpaired) electrons. The molecule has 0 fully saturated rings. The third-order valence-corrected chi connectivity index (χ3v) is 3.81. The first-order chi connectivity index (χ1) is 8.06. The smallest absolute Gasteiger partial charge is 0.189 e. The van der Waals surface area contributed by atoms with Crippen molar-refractivity contribution >= 4 is 9.84 Å². The highest BCUT2D eigenvalue weighted by Crippen LogP contribution is 2.09. The van der Waals surface area contributed by atoms with Crippen LogP contribution < -0.4 is 0 Å². The summed E-state index contributed by atoms with van der Waals surface area (Å²) < 4.78 is 23.6. The van der Waals surface area contributed by atoms with Gasteiger partial charge >= 0.3 is 0 Å². The van der Waals surface area contributed by atoms with Crippen molar-refractivity contribution in [2.75, 3.05) is 5.75 Å². The number of hydrogen-bond donors (Lipinski definition) is 1. The maximum atomic E-state index is 11.8. The second kappa shape index (κ2) is 6.43. The molecule has 0 heterocycles. The van der Waals surface area contributed by atoms with E-state index in [-0.39, 0.29) is 10.6 Å². The highest BCUT2D eigenvalue weighted by molar-refractivity contribution is 7.91. The highest BCUT2D eigenvalue weighted by atomic mass is 32.2. The first kappa shape index (κ1) is 13.8. The molecule has 0 saturated heterocycles. The number of sulfone groups is 1. The van der Waals surface area contributed by atoms with Gasteiger partial charge < -0.3 is 5.11 Å². The van der Waals surface area contributed by atoms with Crippen LogP contribution in [-0.2, 0) is 9.84 Å². The highest BCUT2D eigenvalue weighted by Gasteiger charge is 2.11. The lowest BCUT2D eigenvalue weighted by atomic mass is 10.2. The lowest BCUT2D eigenvalue weighted by Gasteiger charge is -2.00. The van der Waals surface area contributed by atoms with Gasteiger partial charge in [0.05, 0.1) is 11.0 Å². The molecular weight excluding hydrogens is 236 g/mol. The summed E-state index contributed by atoms with van der Waals surface area (Å²) in [5.41, 5.74) is 0. The van der Waals surface area contributed by atoms with E-state index in [0.29, 0.717) is 12.8 Å². The average Bonchev–Trinajstić information content (AvgIpc) is 2.35. The summed E-state index contributed by atoms with van der Waals surface area (Å²) in [6.07, 6.45) is 0.475. The zero-order valence-corrected chi connectivity index (χ0v) is 10.6. The fourth-order valence-electron chi connectivity index (χ4n) is 1.19. The van der Waals surface area contributed by atoms with Gasteiger partial charge in [0.15, 0.2) is 9.84 Å². The van der Waals surface area contributed by atoms with Crippen molar-refractivity contribution in [2.24, 2.45) is 0 Å². The molecule has 0 saturated carbocycles. The van der Waals surface area contributed by atoms with Crippen LogP contribution in [0.4, 0.5) is 0 Å². The summed E-state index contributed by atoms with van der Waals surface area (Å²) in [4.78, 5) is 0.283. The topological polar surface area (TPSA) is 54.4 Å². The van der Waals surface area contributed by atoms with Gasteiger partial charge in [-0.15, -0.1) is 0 Å². The van der Waals surface area contributed by atoms with E-state index in [2.05, 4.69) is 11.8 Å². The molecule has 0 bridgehead atoms. The summed E-state index contributed by atoms with van der Waals surface area (Å²) in [6, 6.07) is 8.24. The second-order valence-corrected chi connectivity index (χ2v) is 5.68. The molecule has 1 aromatic rings. The summed E-state index contributed by atoms with van der Waals surface area (Å²) in [5.74, 6) is 5.07. The molecule has 4 heteroatoms. The van der Waals surface area contributed by atoms with Crippen LogP contribution >= 0.6 is 0 Å². The Morgan fingerprint density at radius 3 is 2.47 bits per heavy atom. The summed E-state index contributed by atoms with van der Waals surface area (Å²) in [5, 5.41) is 9.25. The number of aliphatic hydroxyl groups excluding tert-OH is 1. The van der Waals surface area contributed by atoms with Crippen molar-refractivity contribution in [3.63, 3.8) is 0 Å². The van der Waals surface area contributed by atoms with Gasteiger partial charge in [0.1, 0.15) is 5.75 Å². The molecule has 1 aromatic carbocycles. The molecule has 0 amide bonds. The van der Waals surface area contributed by atoms with Crippen molar-refractivity contribution in [3.05, 3.63) is 30.3 Å². The number of rotatable bonds is 4. The minimum Gasteiger partial charge on any atom is -0.392 e. The Kier molecular flexibility index (Phi) is 5.20. The van der Waals surface area contributed by atoms with Gasteiger partial charge in [-0.2, -0.15) is 0 Å².